The highest BCUT2D eigenvalue weighted by molar-refractivity contribution is 7.99. The van der Waals surface area contributed by atoms with Gasteiger partial charge in [-0.05, 0) is 25.5 Å². The first-order valence-corrected chi connectivity index (χ1v) is 7.86. The van der Waals surface area contributed by atoms with Crippen molar-refractivity contribution in [2.45, 2.75) is 31.4 Å². The van der Waals surface area contributed by atoms with Crippen LogP contribution in [0, 0.1) is 10.1 Å². The SMILES string of the molecule is CCNc1ncc([N+](=O)[O-])c(NCC2CCCCS2)n1. The number of hydrogen-bond acceptors (Lipinski definition) is 7. The first-order valence-electron chi connectivity index (χ1n) is 6.81. The van der Waals surface area contributed by atoms with Crippen LogP contribution >= 0.6 is 11.8 Å². The van der Waals surface area contributed by atoms with E-state index in [2.05, 4.69) is 20.6 Å². The van der Waals surface area contributed by atoms with Gasteiger partial charge in [0.1, 0.15) is 6.20 Å². The van der Waals surface area contributed by atoms with Crippen LogP contribution in [0.15, 0.2) is 6.20 Å². The van der Waals surface area contributed by atoms with Crippen LogP contribution in [0.5, 0.6) is 0 Å². The number of rotatable bonds is 6. The Morgan fingerprint density at radius 3 is 3.00 bits per heavy atom. The minimum absolute atomic E-state index is 0.0764. The standard InChI is InChI=1S/C12H19N5O2S/c1-2-13-12-15-8-10(17(18)19)11(16-12)14-7-9-5-3-4-6-20-9/h8-9H,2-7H2,1H3,(H2,13,14,15,16). The summed E-state index contributed by atoms with van der Waals surface area (Å²) in [5, 5.41) is 17.6. The lowest BCUT2D eigenvalue weighted by molar-refractivity contribution is -0.384. The van der Waals surface area contributed by atoms with Crippen LogP contribution in [-0.2, 0) is 0 Å². The largest absolute Gasteiger partial charge is 0.363 e. The number of nitrogens with zero attached hydrogens (tertiary/aromatic N) is 3. The fourth-order valence-electron chi connectivity index (χ4n) is 2.06. The molecule has 0 saturated carbocycles. The van der Waals surface area contributed by atoms with Crippen LogP contribution in [-0.4, -0.2) is 39.0 Å². The molecule has 1 aliphatic heterocycles. The predicted molar refractivity (Wildman–Crippen MR) is 81.4 cm³/mol. The summed E-state index contributed by atoms with van der Waals surface area (Å²) in [5.41, 5.74) is -0.0764. The monoisotopic (exact) mass is 297 g/mol. The molecule has 8 heteroatoms. The maximum absolute atomic E-state index is 11.0. The molecule has 2 heterocycles. The van der Waals surface area contributed by atoms with Crippen molar-refractivity contribution in [3.05, 3.63) is 16.3 Å². The van der Waals surface area contributed by atoms with E-state index in [0.29, 0.717) is 30.1 Å². The van der Waals surface area contributed by atoms with Gasteiger partial charge in [-0.25, -0.2) is 4.98 Å². The van der Waals surface area contributed by atoms with Crippen molar-refractivity contribution in [1.82, 2.24) is 9.97 Å². The molecule has 1 saturated heterocycles. The quantitative estimate of drug-likeness (QED) is 0.615. The van der Waals surface area contributed by atoms with E-state index in [-0.39, 0.29) is 5.69 Å². The highest BCUT2D eigenvalue weighted by atomic mass is 32.2. The minimum Gasteiger partial charge on any atom is -0.363 e. The van der Waals surface area contributed by atoms with Crippen LogP contribution in [0.4, 0.5) is 17.5 Å². The Morgan fingerprint density at radius 2 is 2.35 bits per heavy atom. The molecule has 1 aliphatic rings. The molecule has 2 rings (SSSR count). The zero-order valence-electron chi connectivity index (χ0n) is 11.5. The molecule has 2 N–H and O–H groups in total. The van der Waals surface area contributed by atoms with Crippen LogP contribution in [0.1, 0.15) is 26.2 Å². The Hall–Kier alpha value is -1.57. The summed E-state index contributed by atoms with van der Waals surface area (Å²) in [4.78, 5) is 18.7. The van der Waals surface area contributed by atoms with E-state index in [1.807, 2.05) is 18.7 Å². The zero-order valence-corrected chi connectivity index (χ0v) is 12.3. The molecule has 0 aliphatic carbocycles. The van der Waals surface area contributed by atoms with Gasteiger partial charge in [0, 0.05) is 18.3 Å². The topological polar surface area (TPSA) is 93.0 Å². The average Bonchev–Trinajstić information content (AvgIpc) is 2.46. The van der Waals surface area contributed by atoms with Crippen molar-refractivity contribution in [1.29, 1.82) is 0 Å². The number of anilines is 2. The Labute approximate surface area is 122 Å². The molecule has 1 aromatic heterocycles. The summed E-state index contributed by atoms with van der Waals surface area (Å²) < 4.78 is 0. The Kier molecular flexibility index (Phi) is 5.40. The fraction of sp³-hybridized carbons (Fsp3) is 0.667. The molecule has 0 aromatic carbocycles. The predicted octanol–water partition coefficient (Wildman–Crippen LogP) is 2.51. The second-order valence-electron chi connectivity index (χ2n) is 4.58. The number of aromatic nitrogens is 2. The highest BCUT2D eigenvalue weighted by Gasteiger charge is 2.19. The minimum atomic E-state index is -0.452. The molecule has 20 heavy (non-hydrogen) atoms. The van der Waals surface area contributed by atoms with Crippen molar-refractivity contribution in [3.8, 4) is 0 Å². The number of nitro groups is 1. The molecule has 1 aromatic rings. The van der Waals surface area contributed by atoms with Crippen LogP contribution in [0.3, 0.4) is 0 Å². The van der Waals surface area contributed by atoms with E-state index in [9.17, 15) is 10.1 Å². The van der Waals surface area contributed by atoms with E-state index >= 15 is 0 Å². The van der Waals surface area contributed by atoms with Crippen molar-refractivity contribution >= 4 is 29.2 Å². The highest BCUT2D eigenvalue weighted by Crippen LogP contribution is 2.27. The summed E-state index contributed by atoms with van der Waals surface area (Å²) in [6.45, 7) is 3.31. The molecular weight excluding hydrogens is 278 g/mol. The van der Waals surface area contributed by atoms with Gasteiger partial charge in [0.15, 0.2) is 0 Å². The van der Waals surface area contributed by atoms with E-state index in [4.69, 9.17) is 0 Å². The average molecular weight is 297 g/mol. The van der Waals surface area contributed by atoms with E-state index < -0.39 is 4.92 Å². The van der Waals surface area contributed by atoms with Gasteiger partial charge in [-0.15, -0.1) is 0 Å². The van der Waals surface area contributed by atoms with Crippen LogP contribution in [0.2, 0.25) is 0 Å². The van der Waals surface area contributed by atoms with Crippen LogP contribution < -0.4 is 10.6 Å². The van der Waals surface area contributed by atoms with E-state index in [0.717, 1.165) is 6.42 Å². The summed E-state index contributed by atoms with van der Waals surface area (Å²) in [6, 6.07) is 0. The van der Waals surface area contributed by atoms with Crippen molar-refractivity contribution < 1.29 is 4.92 Å². The Bertz CT molecular complexity index is 465. The second kappa shape index (κ2) is 7.28. The molecule has 0 amide bonds. The lowest BCUT2D eigenvalue weighted by Gasteiger charge is -2.21. The molecule has 110 valence electrons. The van der Waals surface area contributed by atoms with Crippen LogP contribution in [0.25, 0.3) is 0 Å². The lowest BCUT2D eigenvalue weighted by Crippen LogP contribution is -2.21. The Balaban J connectivity index is 2.06. The maximum Gasteiger partial charge on any atom is 0.329 e. The lowest BCUT2D eigenvalue weighted by atomic mass is 10.2. The summed E-state index contributed by atoms with van der Waals surface area (Å²) in [5.74, 6) is 1.88. The molecule has 0 bridgehead atoms. The number of hydrogen-bond donors (Lipinski definition) is 2. The summed E-state index contributed by atoms with van der Waals surface area (Å²) >= 11 is 1.92. The van der Waals surface area contributed by atoms with Gasteiger partial charge in [0.05, 0.1) is 4.92 Å². The first-order chi connectivity index (χ1) is 9.70. The molecule has 1 unspecified atom stereocenters. The third-order valence-corrected chi connectivity index (χ3v) is 4.47. The van der Waals surface area contributed by atoms with Gasteiger partial charge < -0.3 is 10.6 Å². The fourth-order valence-corrected chi connectivity index (χ4v) is 3.30. The molecular formula is C12H19N5O2S. The van der Waals surface area contributed by atoms with Gasteiger partial charge >= 0.3 is 5.69 Å². The third-order valence-electron chi connectivity index (χ3n) is 3.07. The van der Waals surface area contributed by atoms with E-state index in [1.165, 1.54) is 24.8 Å². The zero-order chi connectivity index (χ0) is 14.4. The molecule has 7 nitrogen and oxygen atoms in total. The normalized spacial score (nSPS) is 18.6. The summed E-state index contributed by atoms with van der Waals surface area (Å²) in [6.07, 6.45) is 4.89. The molecule has 1 atom stereocenters. The molecule has 0 spiro atoms. The Morgan fingerprint density at radius 1 is 1.50 bits per heavy atom. The van der Waals surface area contributed by atoms with Gasteiger partial charge in [0.25, 0.3) is 0 Å². The van der Waals surface area contributed by atoms with Gasteiger partial charge in [-0.2, -0.15) is 16.7 Å². The van der Waals surface area contributed by atoms with Gasteiger partial charge in [-0.1, -0.05) is 6.42 Å². The summed E-state index contributed by atoms with van der Waals surface area (Å²) in [7, 11) is 0. The number of thioether (sulfide) groups is 1. The van der Waals surface area contributed by atoms with Gasteiger partial charge in [0.2, 0.25) is 11.8 Å². The smallest absolute Gasteiger partial charge is 0.329 e. The molecule has 1 fully saturated rings. The van der Waals surface area contributed by atoms with Gasteiger partial charge in [-0.3, -0.25) is 10.1 Å². The van der Waals surface area contributed by atoms with Crippen molar-refractivity contribution in [2.24, 2.45) is 0 Å². The third kappa shape index (κ3) is 3.96. The van der Waals surface area contributed by atoms with Crippen molar-refractivity contribution in [3.63, 3.8) is 0 Å². The second-order valence-corrected chi connectivity index (χ2v) is 5.99. The van der Waals surface area contributed by atoms with Crippen molar-refractivity contribution in [2.75, 3.05) is 29.5 Å². The maximum atomic E-state index is 11.0. The van der Waals surface area contributed by atoms with E-state index in [1.54, 1.807) is 0 Å². The molecule has 0 radical (unpaired) electrons. The first kappa shape index (κ1) is 14.8. The number of nitrogens with one attached hydrogen (secondary N) is 2.